The topological polar surface area (TPSA) is 98.3 Å². The molecule has 2 aromatic rings. The Kier molecular flexibility index (Phi) is 11.0. The van der Waals surface area contributed by atoms with E-state index in [4.69, 9.17) is 21.8 Å². The highest BCUT2D eigenvalue weighted by Gasteiger charge is 2.34. The molecule has 2 atom stereocenters. The number of nitrogens with two attached hydrogens (primary N) is 1. The van der Waals surface area contributed by atoms with Crippen molar-refractivity contribution in [3.63, 3.8) is 0 Å². The molecule has 2 amide bonds. The van der Waals surface area contributed by atoms with Crippen molar-refractivity contribution in [1.29, 1.82) is 0 Å². The maximum atomic E-state index is 13.8. The van der Waals surface area contributed by atoms with Gasteiger partial charge in [-0.05, 0) is 55.6 Å². The molecule has 1 aromatic heterocycles. The lowest BCUT2D eigenvalue weighted by Crippen LogP contribution is -2.60. The minimum absolute atomic E-state index is 0.0369. The summed E-state index contributed by atoms with van der Waals surface area (Å²) in [5.74, 6) is 0.780. The van der Waals surface area contributed by atoms with E-state index >= 15 is 0 Å². The number of hydrogen-bond donors (Lipinski definition) is 2. The van der Waals surface area contributed by atoms with Crippen molar-refractivity contribution >= 4 is 23.4 Å². The summed E-state index contributed by atoms with van der Waals surface area (Å²) in [5.41, 5.74) is 7.11. The molecule has 3 N–H and O–H groups in total. The average Bonchev–Trinajstić information content (AvgIpc) is 3.48. The number of hydrogen-bond acceptors (Lipinski definition) is 7. The molecule has 0 saturated carbocycles. The minimum Gasteiger partial charge on any atom is -0.468 e. The van der Waals surface area contributed by atoms with Crippen LogP contribution in [0.4, 0.5) is 0 Å². The summed E-state index contributed by atoms with van der Waals surface area (Å²) in [7, 11) is 2.18. The molecule has 0 radical (unpaired) electrons. The number of piperidine rings is 1. The first kappa shape index (κ1) is 30.5. The molecule has 4 rings (SSSR count). The molecule has 0 bridgehead atoms. The molecule has 220 valence electrons. The van der Waals surface area contributed by atoms with Crippen LogP contribution in [0, 0.1) is 5.92 Å². The second kappa shape index (κ2) is 14.5. The zero-order valence-electron chi connectivity index (χ0n) is 24.1. The van der Waals surface area contributed by atoms with Crippen LogP contribution in [-0.2, 0) is 16.0 Å². The second-order valence-electron chi connectivity index (χ2n) is 11.6. The molecular formula is C30H45ClN6O3. The molecule has 2 fully saturated rings. The Hall–Kier alpha value is -2.43. The van der Waals surface area contributed by atoms with Gasteiger partial charge in [0, 0.05) is 69.7 Å². The summed E-state index contributed by atoms with van der Waals surface area (Å²) in [6.07, 6.45) is 3.79. The Morgan fingerprint density at radius 3 is 2.35 bits per heavy atom. The Morgan fingerprint density at radius 2 is 1.75 bits per heavy atom. The van der Waals surface area contributed by atoms with E-state index < -0.39 is 12.1 Å². The zero-order chi connectivity index (χ0) is 28.6. The van der Waals surface area contributed by atoms with Gasteiger partial charge in [0.2, 0.25) is 11.8 Å². The molecule has 2 saturated heterocycles. The second-order valence-corrected chi connectivity index (χ2v) is 12.0. The maximum absolute atomic E-state index is 13.8. The van der Waals surface area contributed by atoms with Crippen LogP contribution in [0.25, 0.3) is 0 Å². The zero-order valence-corrected chi connectivity index (χ0v) is 24.9. The Labute approximate surface area is 243 Å². The lowest BCUT2D eigenvalue weighted by atomic mass is 9.99. The number of nitrogens with zero attached hydrogens (tertiary/aromatic N) is 4. The van der Waals surface area contributed by atoms with E-state index in [0.717, 1.165) is 51.1 Å². The van der Waals surface area contributed by atoms with Gasteiger partial charge in [-0.3, -0.25) is 9.59 Å². The third-order valence-electron chi connectivity index (χ3n) is 7.89. The van der Waals surface area contributed by atoms with Crippen LogP contribution in [0.2, 0.25) is 5.02 Å². The Morgan fingerprint density at radius 1 is 1.07 bits per heavy atom. The van der Waals surface area contributed by atoms with Crippen molar-refractivity contribution in [1.82, 2.24) is 25.1 Å². The molecule has 2 unspecified atom stereocenters. The van der Waals surface area contributed by atoms with Crippen LogP contribution < -0.4 is 11.1 Å². The molecule has 40 heavy (non-hydrogen) atoms. The molecule has 10 heteroatoms. The molecule has 1 aromatic carbocycles. The number of furan rings is 1. The van der Waals surface area contributed by atoms with E-state index in [1.807, 2.05) is 17.0 Å². The van der Waals surface area contributed by atoms with Crippen molar-refractivity contribution < 1.29 is 14.0 Å². The van der Waals surface area contributed by atoms with Gasteiger partial charge >= 0.3 is 0 Å². The molecule has 9 nitrogen and oxygen atoms in total. The fourth-order valence-corrected chi connectivity index (χ4v) is 5.77. The first-order valence-corrected chi connectivity index (χ1v) is 14.9. The van der Waals surface area contributed by atoms with Gasteiger partial charge in [0.05, 0.1) is 12.3 Å². The molecule has 0 aliphatic carbocycles. The van der Waals surface area contributed by atoms with E-state index in [0.29, 0.717) is 42.3 Å². The van der Waals surface area contributed by atoms with Crippen LogP contribution in [0.5, 0.6) is 0 Å². The van der Waals surface area contributed by atoms with Gasteiger partial charge in [0.25, 0.3) is 0 Å². The molecule has 0 spiro atoms. The summed E-state index contributed by atoms with van der Waals surface area (Å²) < 4.78 is 5.35. The van der Waals surface area contributed by atoms with Crippen LogP contribution in [0.3, 0.4) is 0 Å². The van der Waals surface area contributed by atoms with Crippen molar-refractivity contribution in [3.05, 3.63) is 59.0 Å². The normalized spacial score (nSPS) is 19.2. The fourth-order valence-electron chi connectivity index (χ4n) is 5.64. The summed E-state index contributed by atoms with van der Waals surface area (Å²) in [6.45, 7) is 11.1. The maximum Gasteiger partial charge on any atom is 0.245 e. The number of hydrazine groups is 1. The molecule has 3 heterocycles. The highest BCUT2D eigenvalue weighted by atomic mass is 35.5. The monoisotopic (exact) mass is 572 g/mol. The van der Waals surface area contributed by atoms with Crippen LogP contribution in [-0.4, -0.2) is 96.6 Å². The third-order valence-corrected chi connectivity index (χ3v) is 8.15. The number of likely N-dealkylation sites (N-methyl/N-ethyl adjacent to an activating group) is 1. The van der Waals surface area contributed by atoms with Crippen molar-refractivity contribution in [2.24, 2.45) is 11.7 Å². The third kappa shape index (κ3) is 8.54. The first-order valence-electron chi connectivity index (χ1n) is 14.5. The average molecular weight is 573 g/mol. The van der Waals surface area contributed by atoms with E-state index in [1.54, 1.807) is 24.3 Å². The van der Waals surface area contributed by atoms with Crippen LogP contribution >= 0.6 is 11.6 Å². The number of likely N-dealkylation sites (tertiary alicyclic amines) is 1. The van der Waals surface area contributed by atoms with E-state index in [1.165, 1.54) is 6.26 Å². The smallest absolute Gasteiger partial charge is 0.245 e. The van der Waals surface area contributed by atoms with Crippen molar-refractivity contribution in [3.8, 4) is 0 Å². The number of benzene rings is 1. The van der Waals surface area contributed by atoms with Crippen LogP contribution in [0.15, 0.2) is 47.1 Å². The Balaban J connectivity index is 1.40. The number of piperazine rings is 1. The number of halogens is 1. The first-order chi connectivity index (χ1) is 19.2. The van der Waals surface area contributed by atoms with E-state index in [9.17, 15) is 9.59 Å². The summed E-state index contributed by atoms with van der Waals surface area (Å²) in [5, 5.41) is 8.70. The predicted octanol–water partition coefficient (Wildman–Crippen LogP) is 3.16. The van der Waals surface area contributed by atoms with E-state index in [2.05, 4.69) is 41.1 Å². The van der Waals surface area contributed by atoms with Gasteiger partial charge in [0.15, 0.2) is 0 Å². The van der Waals surface area contributed by atoms with Gasteiger partial charge in [0.1, 0.15) is 11.8 Å². The lowest BCUT2D eigenvalue weighted by Gasteiger charge is -2.47. The SMILES string of the molecule is CC(C)CN(C1CCN(C(=O)C(Cc2ccc(Cl)cc2)NC(=O)CC(N)c2ccco2)CC1)N1CCN(C)CC1. The number of nitrogens with one attached hydrogen (secondary N) is 1. The summed E-state index contributed by atoms with van der Waals surface area (Å²) >= 11 is 6.08. The molecular weight excluding hydrogens is 528 g/mol. The highest BCUT2D eigenvalue weighted by molar-refractivity contribution is 6.30. The van der Waals surface area contributed by atoms with Gasteiger partial charge in [-0.2, -0.15) is 0 Å². The van der Waals surface area contributed by atoms with Crippen LogP contribution in [0.1, 0.15) is 50.5 Å². The number of carbonyl (C=O) groups excluding carboxylic acids is 2. The summed E-state index contributed by atoms with van der Waals surface area (Å²) in [6, 6.07) is 10.1. The quantitative estimate of drug-likeness (QED) is 0.427. The van der Waals surface area contributed by atoms with E-state index in [-0.39, 0.29) is 18.2 Å². The van der Waals surface area contributed by atoms with Crippen molar-refractivity contribution in [2.45, 2.75) is 57.7 Å². The van der Waals surface area contributed by atoms with Gasteiger partial charge < -0.3 is 25.3 Å². The lowest BCUT2D eigenvalue weighted by molar-refractivity contribution is -0.141. The molecule has 2 aliphatic heterocycles. The van der Waals surface area contributed by atoms with Gasteiger partial charge in [-0.1, -0.05) is 37.6 Å². The fraction of sp³-hybridized carbons (Fsp3) is 0.600. The minimum atomic E-state index is -0.682. The molecule has 2 aliphatic rings. The standard InChI is InChI=1S/C30H45ClN6O3/c1-22(2)21-37(36-16-14-34(3)15-17-36)25-10-12-35(13-11-25)30(39)27(19-23-6-8-24(31)9-7-23)33-29(38)20-26(32)28-5-4-18-40-28/h4-9,18,22,25-27H,10-17,19-21,32H2,1-3H3,(H,33,38). The predicted molar refractivity (Wildman–Crippen MR) is 158 cm³/mol. The largest absolute Gasteiger partial charge is 0.468 e. The number of amides is 2. The number of carbonyl (C=O) groups is 2. The number of rotatable bonds is 11. The Bertz CT molecular complexity index is 1060. The van der Waals surface area contributed by atoms with Crippen molar-refractivity contribution in [2.75, 3.05) is 52.9 Å². The van der Waals surface area contributed by atoms with Gasteiger partial charge in [-0.25, -0.2) is 10.0 Å². The summed E-state index contributed by atoms with van der Waals surface area (Å²) in [4.78, 5) is 31.1. The highest BCUT2D eigenvalue weighted by Crippen LogP contribution is 2.23. The van der Waals surface area contributed by atoms with Gasteiger partial charge in [-0.15, -0.1) is 0 Å².